The minimum Gasteiger partial charge on any atom is -0.495 e. The van der Waals surface area contributed by atoms with Gasteiger partial charge in [0, 0.05) is 17.7 Å². The Morgan fingerprint density at radius 1 is 1.03 bits per heavy atom. The van der Waals surface area contributed by atoms with Crippen molar-refractivity contribution in [2.24, 2.45) is 0 Å². The second-order valence-electron chi connectivity index (χ2n) is 6.99. The lowest BCUT2D eigenvalue weighted by molar-refractivity contribution is -0.384. The first-order valence-corrected chi connectivity index (χ1v) is 11.5. The van der Waals surface area contributed by atoms with Crippen LogP contribution in [-0.2, 0) is 14.9 Å². The molecule has 0 aliphatic carbocycles. The molecule has 0 radical (unpaired) electrons. The fourth-order valence-electron chi connectivity index (χ4n) is 3.04. The Morgan fingerprint density at radius 3 is 2.33 bits per heavy atom. The third-order valence-corrected chi connectivity index (χ3v) is 6.00. The van der Waals surface area contributed by atoms with E-state index in [0.29, 0.717) is 0 Å². The fourth-order valence-corrected chi connectivity index (χ4v) is 4.03. The number of rotatable bonds is 9. The minimum atomic E-state index is -4.27. The van der Waals surface area contributed by atoms with Crippen LogP contribution in [0.25, 0.3) is 6.08 Å². The van der Waals surface area contributed by atoms with Gasteiger partial charge >= 0.3 is 10.1 Å². The van der Waals surface area contributed by atoms with Crippen molar-refractivity contribution in [1.29, 1.82) is 5.26 Å². The minimum absolute atomic E-state index is 0.0355. The average Bonchev–Trinajstić information content (AvgIpc) is 2.88. The van der Waals surface area contributed by atoms with Gasteiger partial charge in [-0.3, -0.25) is 14.9 Å². The van der Waals surface area contributed by atoms with Crippen LogP contribution in [0, 0.1) is 21.4 Å². The number of nitrogens with one attached hydrogen (secondary N) is 1. The zero-order chi connectivity index (χ0) is 26.3. The van der Waals surface area contributed by atoms with E-state index in [4.69, 9.17) is 13.7 Å². The van der Waals surface area contributed by atoms with Crippen molar-refractivity contribution in [3.8, 4) is 23.3 Å². The van der Waals surface area contributed by atoms with Crippen LogP contribution in [0.1, 0.15) is 5.56 Å². The number of benzene rings is 3. The van der Waals surface area contributed by atoms with Crippen LogP contribution in [0.3, 0.4) is 0 Å². The molecule has 0 atom stereocenters. The highest BCUT2D eigenvalue weighted by atomic mass is 32.2. The molecular formula is C24H19N3O8S. The van der Waals surface area contributed by atoms with E-state index in [0.717, 1.165) is 12.1 Å². The number of hydrogen-bond acceptors (Lipinski definition) is 9. The number of nitro benzene ring substituents is 1. The zero-order valence-electron chi connectivity index (χ0n) is 19.0. The predicted octanol–water partition coefficient (Wildman–Crippen LogP) is 3.93. The van der Waals surface area contributed by atoms with Gasteiger partial charge in [0.15, 0.2) is 11.5 Å². The van der Waals surface area contributed by atoms with Gasteiger partial charge in [-0.15, -0.1) is 0 Å². The van der Waals surface area contributed by atoms with E-state index in [1.165, 1.54) is 68.8 Å². The van der Waals surface area contributed by atoms with E-state index >= 15 is 0 Å². The molecule has 0 fully saturated rings. The van der Waals surface area contributed by atoms with Crippen LogP contribution in [0.5, 0.6) is 17.2 Å². The molecule has 0 saturated carbocycles. The van der Waals surface area contributed by atoms with Crippen LogP contribution in [-0.4, -0.2) is 33.5 Å². The molecule has 11 nitrogen and oxygen atoms in total. The van der Waals surface area contributed by atoms with E-state index in [1.54, 1.807) is 12.1 Å². The lowest BCUT2D eigenvalue weighted by Gasteiger charge is -2.14. The SMILES string of the molecule is COc1ccc([N+](=O)[O-])cc1NC(=O)/C(C#N)=C/c1cccc(OC)c1OS(=O)(=O)c1ccccc1. The van der Waals surface area contributed by atoms with Crippen LogP contribution < -0.4 is 19.0 Å². The Labute approximate surface area is 206 Å². The van der Waals surface area contributed by atoms with Crippen molar-refractivity contribution >= 4 is 33.5 Å². The molecule has 12 heteroatoms. The number of non-ortho nitro benzene ring substituents is 1. The summed E-state index contributed by atoms with van der Waals surface area (Å²) in [6.07, 6.45) is 1.11. The van der Waals surface area contributed by atoms with Crippen molar-refractivity contribution in [2.75, 3.05) is 19.5 Å². The molecule has 0 unspecified atom stereocenters. The molecule has 36 heavy (non-hydrogen) atoms. The molecule has 3 rings (SSSR count). The lowest BCUT2D eigenvalue weighted by Crippen LogP contribution is -2.15. The number of carbonyl (C=O) groups is 1. The summed E-state index contributed by atoms with van der Waals surface area (Å²) in [6, 6.07) is 17.1. The van der Waals surface area contributed by atoms with Gasteiger partial charge in [-0.25, -0.2) is 0 Å². The monoisotopic (exact) mass is 509 g/mol. The highest BCUT2D eigenvalue weighted by Crippen LogP contribution is 2.35. The summed E-state index contributed by atoms with van der Waals surface area (Å²) in [5, 5.41) is 23.1. The molecular weight excluding hydrogens is 490 g/mol. The van der Waals surface area contributed by atoms with Crippen molar-refractivity contribution in [1.82, 2.24) is 0 Å². The van der Waals surface area contributed by atoms with Gasteiger partial charge in [0.05, 0.1) is 24.8 Å². The van der Waals surface area contributed by atoms with E-state index in [2.05, 4.69) is 5.32 Å². The summed E-state index contributed by atoms with van der Waals surface area (Å²) in [4.78, 5) is 23.2. The molecule has 0 aliphatic heterocycles. The summed E-state index contributed by atoms with van der Waals surface area (Å²) >= 11 is 0. The Bertz CT molecular complexity index is 1480. The van der Waals surface area contributed by atoms with Crippen molar-refractivity contribution in [2.45, 2.75) is 4.90 Å². The van der Waals surface area contributed by atoms with Crippen molar-refractivity contribution in [3.63, 3.8) is 0 Å². The van der Waals surface area contributed by atoms with Gasteiger partial charge in [-0.05, 0) is 30.3 Å². The number of anilines is 1. The zero-order valence-corrected chi connectivity index (χ0v) is 19.8. The van der Waals surface area contributed by atoms with E-state index in [-0.39, 0.29) is 39.1 Å². The number of methoxy groups -OCH3 is 2. The van der Waals surface area contributed by atoms with Crippen LogP contribution in [0.15, 0.2) is 77.2 Å². The molecule has 3 aromatic carbocycles. The molecule has 0 saturated heterocycles. The molecule has 0 bridgehead atoms. The second kappa shape index (κ2) is 11.0. The number of para-hydroxylation sites is 1. The summed E-state index contributed by atoms with van der Waals surface area (Å²) in [6.45, 7) is 0. The van der Waals surface area contributed by atoms with Crippen LogP contribution in [0.2, 0.25) is 0 Å². The normalized spacial score (nSPS) is 11.2. The quantitative estimate of drug-likeness (QED) is 0.148. The summed E-state index contributed by atoms with van der Waals surface area (Å²) in [7, 11) is -1.66. The maximum Gasteiger partial charge on any atom is 0.339 e. The van der Waals surface area contributed by atoms with Gasteiger partial charge < -0.3 is 19.0 Å². The number of nitrogens with zero attached hydrogens (tertiary/aromatic N) is 2. The molecule has 1 N–H and O–H groups in total. The van der Waals surface area contributed by atoms with Gasteiger partial charge in [-0.1, -0.05) is 30.3 Å². The molecule has 0 heterocycles. The van der Waals surface area contributed by atoms with Crippen LogP contribution in [0.4, 0.5) is 11.4 Å². The Hall–Kier alpha value is -4.89. The highest BCUT2D eigenvalue weighted by Gasteiger charge is 2.22. The smallest absolute Gasteiger partial charge is 0.339 e. The second-order valence-corrected chi connectivity index (χ2v) is 8.54. The molecule has 184 valence electrons. The maximum atomic E-state index is 12.9. The predicted molar refractivity (Wildman–Crippen MR) is 129 cm³/mol. The molecule has 0 spiro atoms. The number of hydrogen-bond donors (Lipinski definition) is 1. The summed E-state index contributed by atoms with van der Waals surface area (Å²) < 4.78 is 41.3. The summed E-state index contributed by atoms with van der Waals surface area (Å²) in [5.74, 6) is -0.986. The Kier molecular flexibility index (Phi) is 7.88. The standard InChI is InChI=1S/C24H19N3O8S/c1-33-21-12-11-18(27(29)30)14-20(21)26-24(28)17(15-25)13-16-7-6-10-22(34-2)23(16)35-36(31,32)19-8-4-3-5-9-19/h3-14H,1-2H3,(H,26,28)/b17-13+. The number of carbonyl (C=O) groups excluding carboxylic acids is 1. The lowest BCUT2D eigenvalue weighted by atomic mass is 10.1. The molecule has 0 aliphatic rings. The van der Waals surface area contributed by atoms with E-state index < -0.39 is 26.5 Å². The van der Waals surface area contributed by atoms with E-state index in [9.17, 15) is 28.6 Å². The third-order valence-electron chi connectivity index (χ3n) is 4.76. The first-order chi connectivity index (χ1) is 17.2. The first-order valence-electron chi connectivity index (χ1n) is 10.1. The Morgan fingerprint density at radius 2 is 1.72 bits per heavy atom. The van der Waals surface area contributed by atoms with Gasteiger partial charge in [0.1, 0.15) is 22.3 Å². The number of amides is 1. The van der Waals surface area contributed by atoms with E-state index in [1.807, 2.05) is 0 Å². The third kappa shape index (κ3) is 5.78. The van der Waals surface area contributed by atoms with Gasteiger partial charge in [0.2, 0.25) is 0 Å². The van der Waals surface area contributed by atoms with Gasteiger partial charge in [0.25, 0.3) is 11.6 Å². The number of nitriles is 1. The molecule has 3 aromatic rings. The molecule has 1 amide bonds. The molecule has 0 aromatic heterocycles. The fraction of sp³-hybridized carbons (Fsp3) is 0.0833. The maximum absolute atomic E-state index is 12.9. The van der Waals surface area contributed by atoms with Gasteiger partial charge in [-0.2, -0.15) is 13.7 Å². The van der Waals surface area contributed by atoms with Crippen molar-refractivity contribution < 1.29 is 31.8 Å². The van der Waals surface area contributed by atoms with Crippen LogP contribution >= 0.6 is 0 Å². The highest BCUT2D eigenvalue weighted by molar-refractivity contribution is 7.87. The number of nitro groups is 1. The summed E-state index contributed by atoms with van der Waals surface area (Å²) in [5.41, 5.74) is -0.722. The average molecular weight is 509 g/mol. The number of ether oxygens (including phenoxy) is 2. The first kappa shape index (κ1) is 25.7. The Balaban J connectivity index is 2.01. The van der Waals surface area contributed by atoms with Crippen molar-refractivity contribution in [3.05, 3.63) is 88.0 Å². The topological polar surface area (TPSA) is 158 Å². The largest absolute Gasteiger partial charge is 0.495 e.